The highest BCUT2D eigenvalue weighted by atomic mass is 16.5. The molecule has 0 N–H and O–H groups in total. The Kier molecular flexibility index (Phi) is 4.76. The molecule has 146 valence electrons. The molecule has 1 unspecified atom stereocenters. The summed E-state index contributed by atoms with van der Waals surface area (Å²) >= 11 is 0. The largest absolute Gasteiger partial charge is 0.471 e. The van der Waals surface area contributed by atoms with Gasteiger partial charge in [-0.25, -0.2) is 15.0 Å². The molecule has 1 amide bonds. The molecule has 3 aromatic rings. The summed E-state index contributed by atoms with van der Waals surface area (Å²) in [4.78, 5) is 34.9. The molecule has 4 heterocycles. The van der Waals surface area contributed by atoms with E-state index in [1.54, 1.807) is 30.9 Å². The highest BCUT2D eigenvalue weighted by molar-refractivity contribution is 5.78. The van der Waals surface area contributed by atoms with Gasteiger partial charge in [0.2, 0.25) is 11.8 Å². The van der Waals surface area contributed by atoms with Crippen LogP contribution < -0.4 is 9.47 Å². The van der Waals surface area contributed by atoms with Crippen LogP contribution in [0.1, 0.15) is 25.6 Å². The van der Waals surface area contributed by atoms with Gasteiger partial charge in [-0.15, -0.1) is 0 Å². The molecule has 1 saturated heterocycles. The van der Waals surface area contributed by atoms with Crippen LogP contribution in [0.2, 0.25) is 0 Å². The number of hydrogen-bond donors (Lipinski definition) is 0. The topological polar surface area (TPSA) is 108 Å². The van der Waals surface area contributed by atoms with Crippen molar-refractivity contribution in [1.29, 1.82) is 0 Å². The van der Waals surface area contributed by atoms with E-state index in [1.807, 2.05) is 11.8 Å². The third-order valence-electron chi connectivity index (χ3n) is 4.63. The number of imidazole rings is 1. The van der Waals surface area contributed by atoms with Crippen molar-refractivity contribution in [2.24, 2.45) is 7.05 Å². The average Bonchev–Trinajstić information content (AvgIpc) is 3.29. The average molecular weight is 383 g/mol. The van der Waals surface area contributed by atoms with Crippen LogP contribution in [-0.2, 0) is 11.8 Å². The molecular formula is C18H21N7O3. The van der Waals surface area contributed by atoms with E-state index < -0.39 is 0 Å². The fourth-order valence-corrected chi connectivity index (χ4v) is 3.11. The Balaban J connectivity index is 1.57. The minimum absolute atomic E-state index is 0.120. The number of fused-ring (bicyclic) bond motifs is 1. The maximum absolute atomic E-state index is 11.9. The van der Waals surface area contributed by atoms with E-state index in [-0.39, 0.29) is 12.0 Å². The monoisotopic (exact) mass is 383 g/mol. The third kappa shape index (κ3) is 3.45. The Hall–Kier alpha value is -3.30. The minimum Gasteiger partial charge on any atom is -0.471 e. The summed E-state index contributed by atoms with van der Waals surface area (Å²) < 4.78 is 13.5. The Labute approximate surface area is 161 Å². The van der Waals surface area contributed by atoms with E-state index in [9.17, 15) is 4.79 Å². The molecule has 1 fully saturated rings. The van der Waals surface area contributed by atoms with E-state index in [0.29, 0.717) is 54.1 Å². The van der Waals surface area contributed by atoms with Gasteiger partial charge in [-0.2, -0.15) is 9.97 Å². The van der Waals surface area contributed by atoms with Gasteiger partial charge >= 0.3 is 6.01 Å². The summed E-state index contributed by atoms with van der Waals surface area (Å²) in [5, 5.41) is 0. The molecule has 0 radical (unpaired) electrons. The van der Waals surface area contributed by atoms with Crippen LogP contribution in [0, 0.1) is 6.92 Å². The molecule has 3 aromatic heterocycles. The van der Waals surface area contributed by atoms with Gasteiger partial charge in [0.15, 0.2) is 16.9 Å². The standard InChI is InChI=1S/C18H21N7O3/c1-4-14(26)25-6-5-12(9-25)27-17-15-16(21-10-22-17)24(3)18(23-15)28-13-7-19-11(2)20-8-13/h7-8,10,12H,4-6,9H2,1-3H3. The first-order valence-corrected chi connectivity index (χ1v) is 9.13. The molecule has 10 nitrogen and oxygen atoms in total. The van der Waals surface area contributed by atoms with Crippen molar-refractivity contribution in [1.82, 2.24) is 34.4 Å². The van der Waals surface area contributed by atoms with Crippen molar-refractivity contribution in [2.45, 2.75) is 32.8 Å². The summed E-state index contributed by atoms with van der Waals surface area (Å²) in [6.45, 7) is 4.90. The van der Waals surface area contributed by atoms with Gasteiger partial charge in [-0.3, -0.25) is 9.36 Å². The van der Waals surface area contributed by atoms with Gasteiger partial charge in [0.1, 0.15) is 18.3 Å². The lowest BCUT2D eigenvalue weighted by molar-refractivity contribution is -0.130. The van der Waals surface area contributed by atoms with Crippen molar-refractivity contribution in [3.8, 4) is 17.6 Å². The van der Waals surface area contributed by atoms with E-state index in [4.69, 9.17) is 9.47 Å². The molecule has 0 aliphatic carbocycles. The lowest BCUT2D eigenvalue weighted by Gasteiger charge is -2.16. The van der Waals surface area contributed by atoms with E-state index in [1.165, 1.54) is 6.33 Å². The first kappa shape index (κ1) is 18.1. The lowest BCUT2D eigenvalue weighted by atomic mass is 10.3. The van der Waals surface area contributed by atoms with E-state index in [0.717, 1.165) is 6.42 Å². The summed E-state index contributed by atoms with van der Waals surface area (Å²) in [6.07, 6.45) is 5.74. The molecule has 10 heteroatoms. The Morgan fingerprint density at radius 1 is 1.25 bits per heavy atom. The number of likely N-dealkylation sites (tertiary alicyclic amines) is 1. The predicted molar refractivity (Wildman–Crippen MR) is 99.1 cm³/mol. The zero-order chi connectivity index (χ0) is 19.7. The van der Waals surface area contributed by atoms with Gasteiger partial charge in [-0.1, -0.05) is 6.92 Å². The molecule has 1 aliphatic heterocycles. The molecule has 1 atom stereocenters. The molecule has 4 rings (SSSR count). The highest BCUT2D eigenvalue weighted by Gasteiger charge is 2.28. The van der Waals surface area contributed by atoms with Crippen molar-refractivity contribution < 1.29 is 14.3 Å². The normalized spacial score (nSPS) is 16.5. The molecule has 0 aromatic carbocycles. The SMILES string of the molecule is CCC(=O)N1CCC(Oc2ncnc3c2nc(Oc2cnc(C)nc2)n3C)C1. The smallest absolute Gasteiger partial charge is 0.304 e. The second kappa shape index (κ2) is 7.37. The maximum Gasteiger partial charge on any atom is 0.304 e. The number of nitrogens with zero attached hydrogens (tertiary/aromatic N) is 7. The van der Waals surface area contributed by atoms with Crippen LogP contribution in [0.4, 0.5) is 0 Å². The van der Waals surface area contributed by atoms with E-state index in [2.05, 4.69) is 24.9 Å². The number of aromatic nitrogens is 6. The summed E-state index contributed by atoms with van der Waals surface area (Å²) in [5.41, 5.74) is 1.10. The van der Waals surface area contributed by atoms with Crippen LogP contribution in [0.5, 0.6) is 17.6 Å². The second-order valence-corrected chi connectivity index (χ2v) is 6.59. The fraction of sp³-hybridized carbons (Fsp3) is 0.444. The van der Waals surface area contributed by atoms with Crippen molar-refractivity contribution >= 4 is 17.1 Å². The quantitative estimate of drug-likeness (QED) is 0.654. The summed E-state index contributed by atoms with van der Waals surface area (Å²) in [7, 11) is 1.80. The molecule has 28 heavy (non-hydrogen) atoms. The molecule has 0 spiro atoms. The number of carbonyl (C=O) groups is 1. The first-order chi connectivity index (χ1) is 13.5. The van der Waals surface area contributed by atoms with Gasteiger partial charge in [0.05, 0.1) is 18.9 Å². The minimum atomic E-state index is -0.120. The number of amides is 1. The Bertz CT molecular complexity index is 1000. The first-order valence-electron chi connectivity index (χ1n) is 9.13. The number of rotatable bonds is 5. The van der Waals surface area contributed by atoms with E-state index >= 15 is 0 Å². The van der Waals surface area contributed by atoms with Gasteiger partial charge in [0.25, 0.3) is 0 Å². The zero-order valence-corrected chi connectivity index (χ0v) is 16.0. The van der Waals surface area contributed by atoms with Crippen LogP contribution in [0.3, 0.4) is 0 Å². The van der Waals surface area contributed by atoms with Crippen LogP contribution in [-0.4, -0.2) is 59.5 Å². The number of aryl methyl sites for hydroxylation is 2. The molecule has 0 saturated carbocycles. The van der Waals surface area contributed by atoms with Gasteiger partial charge in [0, 0.05) is 26.4 Å². The molecular weight excluding hydrogens is 362 g/mol. The lowest BCUT2D eigenvalue weighted by Crippen LogP contribution is -2.30. The van der Waals surface area contributed by atoms with Crippen LogP contribution in [0.15, 0.2) is 18.7 Å². The Morgan fingerprint density at radius 2 is 2.04 bits per heavy atom. The molecule has 1 aliphatic rings. The van der Waals surface area contributed by atoms with Gasteiger partial charge in [-0.05, 0) is 6.92 Å². The summed E-state index contributed by atoms with van der Waals surface area (Å²) in [6, 6.07) is 0.335. The molecule has 0 bridgehead atoms. The fourth-order valence-electron chi connectivity index (χ4n) is 3.11. The maximum atomic E-state index is 11.9. The second-order valence-electron chi connectivity index (χ2n) is 6.59. The van der Waals surface area contributed by atoms with Crippen molar-refractivity contribution in [3.63, 3.8) is 0 Å². The predicted octanol–water partition coefficient (Wildman–Crippen LogP) is 1.64. The van der Waals surface area contributed by atoms with Gasteiger partial charge < -0.3 is 14.4 Å². The highest BCUT2D eigenvalue weighted by Crippen LogP contribution is 2.28. The summed E-state index contributed by atoms with van der Waals surface area (Å²) in [5.74, 6) is 1.65. The van der Waals surface area contributed by atoms with Crippen LogP contribution in [0.25, 0.3) is 11.2 Å². The number of ether oxygens (including phenoxy) is 2. The van der Waals surface area contributed by atoms with Crippen LogP contribution >= 0.6 is 0 Å². The zero-order valence-electron chi connectivity index (χ0n) is 16.0. The van der Waals surface area contributed by atoms with Crippen molar-refractivity contribution in [2.75, 3.05) is 13.1 Å². The Morgan fingerprint density at radius 3 is 2.79 bits per heavy atom. The van der Waals surface area contributed by atoms with Crippen molar-refractivity contribution in [3.05, 3.63) is 24.5 Å². The third-order valence-corrected chi connectivity index (χ3v) is 4.63. The number of carbonyl (C=O) groups excluding carboxylic acids is 1. The number of hydrogen-bond acceptors (Lipinski definition) is 8.